The molecule has 0 aliphatic heterocycles. The lowest BCUT2D eigenvalue weighted by atomic mass is 9.61. The molecule has 0 amide bonds. The van der Waals surface area contributed by atoms with Crippen LogP contribution in [0.1, 0.15) is 42.4 Å². The van der Waals surface area contributed by atoms with Gasteiger partial charge in [0.05, 0.1) is 11.8 Å². The Labute approximate surface area is 179 Å². The van der Waals surface area contributed by atoms with Crippen LogP contribution in [0.5, 0.6) is 0 Å². The van der Waals surface area contributed by atoms with Crippen LogP contribution in [0.15, 0.2) is 54.6 Å². The molecule has 0 bridgehead atoms. The molecule has 0 spiro atoms. The number of aryl methyl sites for hydroxylation is 1. The summed E-state index contributed by atoms with van der Waals surface area (Å²) >= 11 is 0. The zero-order valence-electron chi connectivity index (χ0n) is 17.5. The second-order valence-electron chi connectivity index (χ2n) is 8.59. The van der Waals surface area contributed by atoms with Gasteiger partial charge in [0.2, 0.25) is 0 Å². The van der Waals surface area contributed by atoms with E-state index in [9.17, 15) is 26.3 Å². The Balaban J connectivity index is 1.56. The summed E-state index contributed by atoms with van der Waals surface area (Å²) in [6.45, 7) is 2.94. The molecule has 1 aliphatic carbocycles. The van der Waals surface area contributed by atoms with Gasteiger partial charge in [-0.05, 0) is 55.8 Å². The van der Waals surface area contributed by atoms with E-state index in [2.05, 4.69) is 24.0 Å². The second-order valence-corrected chi connectivity index (χ2v) is 8.59. The highest BCUT2D eigenvalue weighted by molar-refractivity contribution is 5.29. The summed E-state index contributed by atoms with van der Waals surface area (Å²) < 4.78 is 78.4. The van der Waals surface area contributed by atoms with Crippen LogP contribution in [0.25, 0.3) is 0 Å². The second kappa shape index (κ2) is 9.23. The van der Waals surface area contributed by atoms with Gasteiger partial charge in [-0.2, -0.15) is 26.3 Å². The largest absolute Gasteiger partial charge is 0.393 e. The number of hydrogen-bond acceptors (Lipinski definition) is 1. The molecule has 0 saturated heterocycles. The SMILES string of the molecule is CC(CCc1ccc(C2CC(C(F)(F)F)C2C(F)(F)F)cc1)N(C)Cc1ccccc1. The fourth-order valence-corrected chi connectivity index (χ4v) is 4.34. The lowest BCUT2D eigenvalue weighted by Crippen LogP contribution is -2.51. The van der Waals surface area contributed by atoms with Gasteiger partial charge in [-0.3, -0.25) is 4.90 Å². The van der Waals surface area contributed by atoms with E-state index in [0.29, 0.717) is 11.6 Å². The Morgan fingerprint density at radius 3 is 2.03 bits per heavy atom. The molecule has 31 heavy (non-hydrogen) atoms. The van der Waals surface area contributed by atoms with Gasteiger partial charge in [0, 0.05) is 12.6 Å². The van der Waals surface area contributed by atoms with Gasteiger partial charge in [0.15, 0.2) is 0 Å². The monoisotopic (exact) mass is 443 g/mol. The van der Waals surface area contributed by atoms with Crippen molar-refractivity contribution in [3.8, 4) is 0 Å². The maximum absolute atomic E-state index is 13.2. The van der Waals surface area contributed by atoms with Gasteiger partial charge in [0.1, 0.15) is 0 Å². The molecule has 7 heteroatoms. The Bertz CT molecular complexity index is 828. The van der Waals surface area contributed by atoms with E-state index >= 15 is 0 Å². The number of benzene rings is 2. The Morgan fingerprint density at radius 1 is 0.871 bits per heavy atom. The highest BCUT2D eigenvalue weighted by Crippen LogP contribution is 2.59. The summed E-state index contributed by atoms with van der Waals surface area (Å²) in [5.74, 6) is -5.79. The first-order valence-corrected chi connectivity index (χ1v) is 10.4. The van der Waals surface area contributed by atoms with E-state index in [0.717, 1.165) is 24.9 Å². The van der Waals surface area contributed by atoms with Crippen molar-refractivity contribution >= 4 is 0 Å². The smallest absolute Gasteiger partial charge is 0.299 e. The average Bonchev–Trinajstić information content (AvgIpc) is 2.64. The molecule has 1 fully saturated rings. The highest BCUT2D eigenvalue weighted by atomic mass is 19.4. The molecule has 3 rings (SSSR count). The van der Waals surface area contributed by atoms with Crippen molar-refractivity contribution < 1.29 is 26.3 Å². The number of halogens is 6. The van der Waals surface area contributed by atoms with Crippen LogP contribution < -0.4 is 0 Å². The number of rotatable bonds is 7. The van der Waals surface area contributed by atoms with Crippen LogP contribution in [0.3, 0.4) is 0 Å². The first-order valence-electron chi connectivity index (χ1n) is 10.4. The predicted molar refractivity (Wildman–Crippen MR) is 109 cm³/mol. The van der Waals surface area contributed by atoms with Crippen LogP contribution >= 0.6 is 0 Å². The van der Waals surface area contributed by atoms with Crippen molar-refractivity contribution in [2.75, 3.05) is 7.05 Å². The first kappa shape index (κ1) is 23.6. The summed E-state index contributed by atoms with van der Waals surface area (Å²) in [7, 11) is 2.05. The molecular weight excluding hydrogens is 416 g/mol. The Morgan fingerprint density at radius 2 is 1.48 bits per heavy atom. The zero-order valence-corrected chi connectivity index (χ0v) is 17.5. The summed E-state index contributed by atoms with van der Waals surface area (Å²) in [4.78, 5) is 2.24. The van der Waals surface area contributed by atoms with Gasteiger partial charge in [-0.15, -0.1) is 0 Å². The Hall–Kier alpha value is -2.02. The molecule has 1 saturated carbocycles. The summed E-state index contributed by atoms with van der Waals surface area (Å²) in [5.41, 5.74) is 2.53. The molecule has 0 N–H and O–H groups in total. The molecule has 0 radical (unpaired) electrons. The minimum atomic E-state index is -4.86. The first-order chi connectivity index (χ1) is 14.5. The van der Waals surface area contributed by atoms with Crippen molar-refractivity contribution in [3.05, 3.63) is 71.3 Å². The molecule has 1 aliphatic rings. The minimum absolute atomic E-state index is 0.300. The van der Waals surface area contributed by atoms with Gasteiger partial charge < -0.3 is 0 Å². The van der Waals surface area contributed by atoms with E-state index in [1.807, 2.05) is 25.2 Å². The molecular formula is C24H27F6N. The zero-order chi connectivity index (χ0) is 22.8. The molecule has 2 aromatic carbocycles. The lowest BCUT2D eigenvalue weighted by Gasteiger charge is -2.46. The predicted octanol–water partition coefficient (Wildman–Crippen LogP) is 6.98. The maximum Gasteiger partial charge on any atom is 0.393 e. The van der Waals surface area contributed by atoms with Crippen molar-refractivity contribution in [1.82, 2.24) is 4.90 Å². The van der Waals surface area contributed by atoms with Gasteiger partial charge in [-0.1, -0.05) is 54.6 Å². The van der Waals surface area contributed by atoms with Crippen LogP contribution in [-0.2, 0) is 13.0 Å². The standard InChI is InChI=1S/C24H27F6N/c1-16(31(2)15-18-6-4-3-5-7-18)8-9-17-10-12-19(13-11-17)20-14-21(23(25,26)27)22(20)24(28,29)30/h3-7,10-13,16,20-22H,8-9,14-15H2,1-2H3. The number of alkyl halides is 6. The van der Waals surface area contributed by atoms with Crippen molar-refractivity contribution in [2.45, 2.75) is 57.0 Å². The normalized spacial score (nSPS) is 22.9. The topological polar surface area (TPSA) is 3.24 Å². The third-order valence-corrected chi connectivity index (χ3v) is 6.46. The van der Waals surface area contributed by atoms with Crippen molar-refractivity contribution in [2.24, 2.45) is 11.8 Å². The van der Waals surface area contributed by atoms with Gasteiger partial charge in [0.25, 0.3) is 0 Å². The van der Waals surface area contributed by atoms with Crippen LogP contribution in [-0.4, -0.2) is 30.3 Å². The lowest BCUT2D eigenvalue weighted by molar-refractivity contribution is -0.292. The highest BCUT2D eigenvalue weighted by Gasteiger charge is 2.64. The number of hydrogen-bond donors (Lipinski definition) is 0. The van der Waals surface area contributed by atoms with Gasteiger partial charge >= 0.3 is 12.4 Å². The van der Waals surface area contributed by atoms with E-state index < -0.39 is 36.5 Å². The third-order valence-electron chi connectivity index (χ3n) is 6.46. The van der Waals surface area contributed by atoms with Crippen molar-refractivity contribution in [1.29, 1.82) is 0 Å². The number of nitrogens with zero attached hydrogens (tertiary/aromatic N) is 1. The van der Waals surface area contributed by atoms with Crippen LogP contribution in [0.2, 0.25) is 0 Å². The molecule has 170 valence electrons. The van der Waals surface area contributed by atoms with E-state index in [-0.39, 0.29) is 0 Å². The van der Waals surface area contributed by atoms with Crippen LogP contribution in [0.4, 0.5) is 26.3 Å². The quantitative estimate of drug-likeness (QED) is 0.417. The van der Waals surface area contributed by atoms with E-state index in [4.69, 9.17) is 0 Å². The van der Waals surface area contributed by atoms with Crippen LogP contribution in [0, 0.1) is 11.8 Å². The molecule has 0 aromatic heterocycles. The minimum Gasteiger partial charge on any atom is -0.299 e. The maximum atomic E-state index is 13.2. The third kappa shape index (κ3) is 5.82. The summed E-state index contributed by atoms with van der Waals surface area (Å²) in [6.07, 6.45) is -8.57. The average molecular weight is 443 g/mol. The fraction of sp³-hybridized carbons (Fsp3) is 0.500. The Kier molecular flexibility index (Phi) is 7.04. The van der Waals surface area contributed by atoms with Gasteiger partial charge in [-0.25, -0.2) is 0 Å². The molecule has 1 nitrogen and oxygen atoms in total. The van der Waals surface area contributed by atoms with Crippen molar-refractivity contribution in [3.63, 3.8) is 0 Å². The van der Waals surface area contributed by atoms with E-state index in [1.54, 1.807) is 24.3 Å². The molecule has 2 aromatic rings. The molecule has 0 heterocycles. The molecule has 4 unspecified atom stereocenters. The fourth-order valence-electron chi connectivity index (χ4n) is 4.34. The van der Waals surface area contributed by atoms with E-state index in [1.165, 1.54) is 5.56 Å². The summed E-state index contributed by atoms with van der Waals surface area (Å²) in [5, 5.41) is 0. The summed E-state index contributed by atoms with van der Waals surface area (Å²) in [6, 6.07) is 17.0. The molecule has 4 atom stereocenters.